The fraction of sp³-hybridized carbons (Fsp3) is 0.182. The van der Waals surface area contributed by atoms with Crippen molar-refractivity contribution in [1.29, 1.82) is 0 Å². The summed E-state index contributed by atoms with van der Waals surface area (Å²) < 4.78 is 21.7. The number of hydrogen-bond donors (Lipinski definition) is 1. The lowest BCUT2D eigenvalue weighted by molar-refractivity contribution is -0.688. The van der Waals surface area contributed by atoms with Gasteiger partial charge in [-0.1, -0.05) is 30.3 Å². The fourth-order valence-electron chi connectivity index (χ4n) is 3.27. The largest absolute Gasteiger partial charge is 0.441 e. The van der Waals surface area contributed by atoms with Crippen molar-refractivity contribution in [2.24, 2.45) is 0 Å². The molecule has 5 nitrogen and oxygen atoms in total. The number of benzene rings is 2. The molecule has 1 atom stereocenters. The molecule has 1 aliphatic rings. The van der Waals surface area contributed by atoms with Crippen molar-refractivity contribution in [3.05, 3.63) is 84.4 Å². The number of nitrogens with zero attached hydrogens (tertiary/aromatic N) is 2. The first kappa shape index (κ1) is 18.1. The quantitative estimate of drug-likeness (QED) is 0.693. The van der Waals surface area contributed by atoms with Crippen molar-refractivity contribution >= 4 is 11.8 Å². The van der Waals surface area contributed by atoms with E-state index in [-0.39, 0.29) is 13.2 Å². The van der Waals surface area contributed by atoms with Crippen LogP contribution in [-0.2, 0) is 11.3 Å². The Bertz CT molecular complexity index is 977. The minimum atomic E-state index is -0.579. The van der Waals surface area contributed by atoms with E-state index in [0.717, 1.165) is 12.1 Å². The van der Waals surface area contributed by atoms with Crippen molar-refractivity contribution in [3.63, 3.8) is 0 Å². The van der Waals surface area contributed by atoms with Gasteiger partial charge >= 0.3 is 6.09 Å². The van der Waals surface area contributed by atoms with Gasteiger partial charge in [0.1, 0.15) is 11.9 Å². The number of carbonyl (C=O) groups is 1. The predicted molar refractivity (Wildman–Crippen MR) is 102 cm³/mol. The van der Waals surface area contributed by atoms with Crippen LogP contribution in [0.3, 0.4) is 0 Å². The normalized spacial score (nSPS) is 16.3. The molecule has 0 saturated carbocycles. The van der Waals surface area contributed by atoms with Crippen LogP contribution in [-0.4, -0.2) is 30.5 Å². The number of halogens is 1. The van der Waals surface area contributed by atoms with E-state index in [1.54, 1.807) is 12.1 Å². The van der Waals surface area contributed by atoms with E-state index < -0.39 is 18.0 Å². The van der Waals surface area contributed by atoms with Gasteiger partial charge in [-0.25, -0.2) is 13.8 Å². The maximum atomic E-state index is 14.7. The van der Waals surface area contributed by atoms with E-state index >= 15 is 0 Å². The third-order valence-electron chi connectivity index (χ3n) is 4.75. The molecule has 0 aliphatic carbocycles. The monoisotopic (exact) mass is 379 g/mol. The van der Waals surface area contributed by atoms with Crippen molar-refractivity contribution in [3.8, 4) is 11.1 Å². The molecule has 1 N–H and O–H groups in total. The number of rotatable bonds is 5. The summed E-state index contributed by atoms with van der Waals surface area (Å²) in [5, 5.41) is 9.13. The molecule has 1 amide bonds. The van der Waals surface area contributed by atoms with Crippen LogP contribution in [0.15, 0.2) is 73.1 Å². The molecule has 2 heterocycles. The standard InChI is InChI=1S/C22H20FN2O3/c23-21-12-18(25-14-19(15-26)28-22(25)27)6-7-20(21)17-8-10-24(11-9-17)13-16-4-2-1-3-5-16/h1-12,19,26H,13-15H2/q+1/t19-/m1/s1. The van der Waals surface area contributed by atoms with E-state index in [2.05, 4.69) is 12.1 Å². The number of aromatic nitrogens is 1. The predicted octanol–water partition coefficient (Wildman–Crippen LogP) is 3.15. The van der Waals surface area contributed by atoms with Crippen molar-refractivity contribution in [2.45, 2.75) is 12.6 Å². The Morgan fingerprint density at radius 2 is 1.86 bits per heavy atom. The van der Waals surface area contributed by atoms with Crippen LogP contribution >= 0.6 is 0 Å². The number of amides is 1. The van der Waals surface area contributed by atoms with Gasteiger partial charge in [0.25, 0.3) is 0 Å². The Hall–Kier alpha value is -3.25. The number of ether oxygens (including phenoxy) is 1. The van der Waals surface area contributed by atoms with Crippen LogP contribution < -0.4 is 9.47 Å². The maximum Gasteiger partial charge on any atom is 0.414 e. The van der Waals surface area contributed by atoms with Gasteiger partial charge in [0.2, 0.25) is 0 Å². The summed E-state index contributed by atoms with van der Waals surface area (Å²) in [4.78, 5) is 13.2. The molecular weight excluding hydrogens is 359 g/mol. The van der Waals surface area contributed by atoms with E-state index in [1.165, 1.54) is 16.5 Å². The van der Waals surface area contributed by atoms with E-state index in [9.17, 15) is 9.18 Å². The summed E-state index contributed by atoms with van der Waals surface area (Å²) in [6.45, 7) is 0.695. The van der Waals surface area contributed by atoms with E-state index in [4.69, 9.17) is 9.84 Å². The molecule has 28 heavy (non-hydrogen) atoms. The van der Waals surface area contributed by atoms with Gasteiger partial charge < -0.3 is 9.84 Å². The highest BCUT2D eigenvalue weighted by molar-refractivity contribution is 5.90. The summed E-state index contributed by atoms with van der Waals surface area (Å²) in [6.07, 6.45) is 2.68. The summed E-state index contributed by atoms with van der Waals surface area (Å²) >= 11 is 0. The second-order valence-corrected chi connectivity index (χ2v) is 6.71. The number of hydrogen-bond acceptors (Lipinski definition) is 3. The lowest BCUT2D eigenvalue weighted by Gasteiger charge is -2.14. The lowest BCUT2D eigenvalue weighted by atomic mass is 10.1. The number of pyridine rings is 1. The minimum Gasteiger partial charge on any atom is -0.441 e. The zero-order valence-corrected chi connectivity index (χ0v) is 15.2. The molecule has 1 aliphatic heterocycles. The van der Waals surface area contributed by atoms with Gasteiger partial charge in [-0.2, -0.15) is 0 Å². The van der Waals surface area contributed by atoms with Crippen LogP contribution in [0.1, 0.15) is 5.56 Å². The molecule has 4 rings (SSSR count). The molecule has 0 radical (unpaired) electrons. The Morgan fingerprint density at radius 1 is 1.11 bits per heavy atom. The second-order valence-electron chi connectivity index (χ2n) is 6.71. The van der Waals surface area contributed by atoms with Gasteiger partial charge in [0.05, 0.1) is 18.8 Å². The summed E-state index contributed by atoms with van der Waals surface area (Å²) in [5.74, 6) is -0.418. The summed E-state index contributed by atoms with van der Waals surface area (Å²) in [6, 6.07) is 18.5. The Labute approximate surface area is 162 Å². The highest BCUT2D eigenvalue weighted by atomic mass is 19.1. The first-order valence-corrected chi connectivity index (χ1v) is 9.06. The molecule has 0 bridgehead atoms. The topological polar surface area (TPSA) is 53.7 Å². The lowest BCUT2D eigenvalue weighted by Crippen LogP contribution is -2.32. The molecule has 1 fully saturated rings. The molecule has 6 heteroatoms. The van der Waals surface area contributed by atoms with Crippen LogP contribution in [0.25, 0.3) is 11.1 Å². The number of aliphatic hydroxyl groups is 1. The smallest absolute Gasteiger partial charge is 0.414 e. The maximum absolute atomic E-state index is 14.7. The van der Waals surface area contributed by atoms with Crippen molar-refractivity contribution < 1.29 is 23.6 Å². The fourth-order valence-corrected chi connectivity index (χ4v) is 3.27. The minimum absolute atomic E-state index is 0.207. The Balaban J connectivity index is 1.52. The highest BCUT2D eigenvalue weighted by Gasteiger charge is 2.32. The van der Waals surface area contributed by atoms with Gasteiger partial charge in [0.15, 0.2) is 18.9 Å². The zero-order chi connectivity index (χ0) is 19.5. The molecule has 2 aromatic carbocycles. The molecule has 142 valence electrons. The van der Waals surface area contributed by atoms with Crippen LogP contribution in [0.5, 0.6) is 0 Å². The van der Waals surface area contributed by atoms with Gasteiger partial charge in [-0.15, -0.1) is 0 Å². The molecule has 1 saturated heterocycles. The first-order valence-electron chi connectivity index (χ1n) is 9.06. The molecular formula is C22H20FN2O3+. The molecule has 0 unspecified atom stereocenters. The zero-order valence-electron chi connectivity index (χ0n) is 15.2. The van der Waals surface area contributed by atoms with Crippen LogP contribution in [0.4, 0.5) is 14.9 Å². The average Bonchev–Trinajstić information content (AvgIpc) is 3.10. The van der Waals surface area contributed by atoms with Crippen molar-refractivity contribution in [1.82, 2.24) is 0 Å². The number of anilines is 1. The molecule has 3 aromatic rings. The summed E-state index contributed by atoms with van der Waals surface area (Å²) in [5.41, 5.74) is 2.82. The van der Waals surface area contributed by atoms with E-state index in [1.807, 2.05) is 47.3 Å². The van der Waals surface area contributed by atoms with Gasteiger partial charge in [0, 0.05) is 23.3 Å². The molecule has 1 aromatic heterocycles. The Morgan fingerprint density at radius 3 is 2.50 bits per heavy atom. The SMILES string of the molecule is O=C1O[C@@H](CO)CN1c1ccc(-c2cc[n+](Cc3ccccc3)cc2)c(F)c1. The Kier molecular flexibility index (Phi) is 5.04. The number of cyclic esters (lactones) is 1. The average molecular weight is 379 g/mol. The first-order chi connectivity index (χ1) is 13.6. The van der Waals surface area contributed by atoms with Gasteiger partial charge in [-0.05, 0) is 23.8 Å². The van der Waals surface area contributed by atoms with Crippen molar-refractivity contribution in [2.75, 3.05) is 18.1 Å². The molecule has 0 spiro atoms. The van der Waals surface area contributed by atoms with Gasteiger partial charge in [-0.3, -0.25) is 4.90 Å². The summed E-state index contributed by atoms with van der Waals surface area (Å²) in [7, 11) is 0. The second kappa shape index (κ2) is 7.78. The van der Waals surface area contributed by atoms with Crippen LogP contribution in [0, 0.1) is 5.82 Å². The van der Waals surface area contributed by atoms with E-state index in [0.29, 0.717) is 11.3 Å². The number of carbonyl (C=O) groups excluding carboxylic acids is 1. The number of aliphatic hydroxyl groups excluding tert-OH is 1. The third kappa shape index (κ3) is 3.73. The van der Waals surface area contributed by atoms with Crippen LogP contribution in [0.2, 0.25) is 0 Å². The highest BCUT2D eigenvalue weighted by Crippen LogP contribution is 2.28. The third-order valence-corrected chi connectivity index (χ3v) is 4.75.